The molecule has 1 amide bonds. The fraction of sp³-hybridized carbons (Fsp3) is 0.556. The van der Waals surface area contributed by atoms with Crippen LogP contribution in [0.5, 0.6) is 0 Å². The molecule has 1 aromatic carbocycles. The van der Waals surface area contributed by atoms with Crippen molar-refractivity contribution in [3.05, 3.63) is 35.9 Å². The van der Waals surface area contributed by atoms with Gasteiger partial charge in [0, 0.05) is 19.0 Å². The Morgan fingerprint density at radius 2 is 1.68 bits per heavy atom. The van der Waals surface area contributed by atoms with Crippen molar-refractivity contribution in [1.82, 2.24) is 4.90 Å². The molecule has 0 aliphatic carbocycles. The van der Waals surface area contributed by atoms with Crippen molar-refractivity contribution in [2.75, 3.05) is 13.1 Å². The predicted molar refractivity (Wildman–Crippen MR) is 85.1 cm³/mol. The second-order valence-electron chi connectivity index (χ2n) is 6.24. The molecule has 0 saturated carbocycles. The van der Waals surface area contributed by atoms with Gasteiger partial charge in [0.1, 0.15) is 6.10 Å². The minimum Gasteiger partial charge on any atom is -0.458 e. The van der Waals surface area contributed by atoms with E-state index in [1.807, 2.05) is 56.0 Å². The van der Waals surface area contributed by atoms with E-state index in [1.54, 1.807) is 0 Å². The van der Waals surface area contributed by atoms with Gasteiger partial charge in [0.15, 0.2) is 0 Å². The maximum Gasteiger partial charge on any atom is 0.309 e. The van der Waals surface area contributed by atoms with Crippen molar-refractivity contribution in [2.24, 2.45) is 11.8 Å². The molecule has 0 spiro atoms. The van der Waals surface area contributed by atoms with Crippen LogP contribution < -0.4 is 0 Å². The first-order valence-corrected chi connectivity index (χ1v) is 8.03. The number of carbonyl (C=O) groups excluding carboxylic acids is 2. The molecule has 0 radical (unpaired) electrons. The third kappa shape index (κ3) is 4.09. The maximum absolute atomic E-state index is 12.3. The lowest BCUT2D eigenvalue weighted by Gasteiger charge is -2.32. The molecule has 0 aromatic heterocycles. The highest BCUT2D eigenvalue weighted by Crippen LogP contribution is 2.24. The monoisotopic (exact) mass is 303 g/mol. The summed E-state index contributed by atoms with van der Waals surface area (Å²) in [6.07, 6.45) is 1.15. The van der Waals surface area contributed by atoms with Gasteiger partial charge in [0.25, 0.3) is 0 Å². The Labute approximate surface area is 132 Å². The Morgan fingerprint density at radius 3 is 2.23 bits per heavy atom. The molecule has 1 saturated heterocycles. The smallest absolute Gasteiger partial charge is 0.309 e. The van der Waals surface area contributed by atoms with Gasteiger partial charge >= 0.3 is 5.97 Å². The molecule has 1 heterocycles. The normalized spacial score (nSPS) is 17.4. The third-order valence-corrected chi connectivity index (χ3v) is 4.20. The van der Waals surface area contributed by atoms with Gasteiger partial charge in [-0.05, 0) is 25.3 Å². The van der Waals surface area contributed by atoms with Crippen LogP contribution in [-0.4, -0.2) is 29.9 Å². The molecule has 1 unspecified atom stereocenters. The lowest BCUT2D eigenvalue weighted by Crippen LogP contribution is -2.42. The predicted octanol–water partition coefficient (Wildman–Crippen LogP) is 3.19. The zero-order valence-corrected chi connectivity index (χ0v) is 13.6. The van der Waals surface area contributed by atoms with Crippen LogP contribution in [-0.2, 0) is 14.3 Å². The summed E-state index contributed by atoms with van der Waals surface area (Å²) in [6, 6.07) is 9.74. The molecule has 22 heavy (non-hydrogen) atoms. The summed E-state index contributed by atoms with van der Waals surface area (Å²) in [5, 5.41) is 0. The molecule has 1 fully saturated rings. The highest BCUT2D eigenvalue weighted by Gasteiger charge is 2.30. The van der Waals surface area contributed by atoms with Crippen molar-refractivity contribution < 1.29 is 14.3 Å². The van der Waals surface area contributed by atoms with Crippen molar-refractivity contribution >= 4 is 11.9 Å². The van der Waals surface area contributed by atoms with E-state index in [9.17, 15) is 9.59 Å². The Balaban J connectivity index is 1.84. The molecule has 4 heteroatoms. The Hall–Kier alpha value is -1.84. The van der Waals surface area contributed by atoms with Crippen molar-refractivity contribution in [2.45, 2.75) is 39.7 Å². The number of amides is 1. The second-order valence-corrected chi connectivity index (χ2v) is 6.24. The second kappa shape index (κ2) is 7.43. The lowest BCUT2D eigenvalue weighted by atomic mass is 9.96. The fourth-order valence-corrected chi connectivity index (χ4v) is 2.76. The van der Waals surface area contributed by atoms with Crippen LogP contribution >= 0.6 is 0 Å². The average molecular weight is 303 g/mol. The van der Waals surface area contributed by atoms with Gasteiger partial charge in [0.2, 0.25) is 5.91 Å². The Morgan fingerprint density at radius 1 is 1.09 bits per heavy atom. The quantitative estimate of drug-likeness (QED) is 0.803. The zero-order valence-electron chi connectivity index (χ0n) is 13.6. The molecule has 120 valence electrons. The molecule has 0 N–H and O–H groups in total. The van der Waals surface area contributed by atoms with Crippen LogP contribution in [0.15, 0.2) is 30.3 Å². The number of benzene rings is 1. The van der Waals surface area contributed by atoms with Gasteiger partial charge in [-0.25, -0.2) is 0 Å². The zero-order chi connectivity index (χ0) is 16.1. The third-order valence-electron chi connectivity index (χ3n) is 4.20. The number of rotatable bonds is 4. The van der Waals surface area contributed by atoms with Gasteiger partial charge in [-0.3, -0.25) is 9.59 Å². The van der Waals surface area contributed by atoms with Gasteiger partial charge in [-0.2, -0.15) is 0 Å². The number of esters is 1. The van der Waals surface area contributed by atoms with E-state index in [0.29, 0.717) is 25.9 Å². The van der Waals surface area contributed by atoms with E-state index in [2.05, 4.69) is 0 Å². The van der Waals surface area contributed by atoms with Crippen molar-refractivity contribution in [3.8, 4) is 0 Å². The molecule has 2 rings (SSSR count). The van der Waals surface area contributed by atoms with Crippen molar-refractivity contribution in [1.29, 1.82) is 0 Å². The minimum absolute atomic E-state index is 0.0154. The van der Waals surface area contributed by atoms with Crippen LogP contribution in [0.2, 0.25) is 0 Å². The van der Waals surface area contributed by atoms with Gasteiger partial charge in [-0.15, -0.1) is 0 Å². The van der Waals surface area contributed by atoms with Crippen LogP contribution in [0.3, 0.4) is 0 Å². The first-order valence-electron chi connectivity index (χ1n) is 8.03. The molecule has 1 aromatic rings. The number of piperidine rings is 1. The van der Waals surface area contributed by atoms with Gasteiger partial charge < -0.3 is 9.64 Å². The van der Waals surface area contributed by atoms with E-state index in [1.165, 1.54) is 0 Å². The summed E-state index contributed by atoms with van der Waals surface area (Å²) in [5.74, 6) is -0.0542. The molecule has 1 aliphatic heterocycles. The fourth-order valence-electron chi connectivity index (χ4n) is 2.76. The Kier molecular flexibility index (Phi) is 5.58. The lowest BCUT2D eigenvalue weighted by molar-refractivity contribution is -0.156. The summed E-state index contributed by atoms with van der Waals surface area (Å²) in [5.41, 5.74) is 1.00. The molecular formula is C18H25NO3. The molecular weight excluding hydrogens is 278 g/mol. The summed E-state index contributed by atoms with van der Waals surface area (Å²) in [4.78, 5) is 26.1. The largest absolute Gasteiger partial charge is 0.458 e. The number of likely N-dealkylation sites (tertiary alicyclic amines) is 1. The summed E-state index contributed by atoms with van der Waals surface area (Å²) < 4.78 is 5.58. The average Bonchev–Trinajstić information content (AvgIpc) is 2.55. The molecule has 4 nitrogen and oxygen atoms in total. The maximum atomic E-state index is 12.3. The van der Waals surface area contributed by atoms with E-state index >= 15 is 0 Å². The first kappa shape index (κ1) is 16.5. The summed E-state index contributed by atoms with van der Waals surface area (Å²) in [7, 11) is 0. The standard InChI is InChI=1S/C18H25NO3/c1-13(2)17(20)19-11-9-16(10-12-19)18(21)22-14(3)15-7-5-4-6-8-15/h4-8,13-14,16H,9-12H2,1-3H3. The number of hydrogen-bond donors (Lipinski definition) is 0. The van der Waals surface area contributed by atoms with Gasteiger partial charge in [-0.1, -0.05) is 44.2 Å². The molecule has 1 aliphatic rings. The van der Waals surface area contributed by atoms with Crippen LogP contribution in [0, 0.1) is 11.8 Å². The summed E-state index contributed by atoms with van der Waals surface area (Å²) in [6.45, 7) is 7.01. The van der Waals surface area contributed by atoms with Crippen LogP contribution in [0.25, 0.3) is 0 Å². The van der Waals surface area contributed by atoms with Crippen molar-refractivity contribution in [3.63, 3.8) is 0 Å². The Bertz CT molecular complexity index is 504. The van der Waals surface area contributed by atoms with E-state index < -0.39 is 0 Å². The van der Waals surface area contributed by atoms with E-state index in [-0.39, 0.29) is 29.8 Å². The summed E-state index contributed by atoms with van der Waals surface area (Å²) >= 11 is 0. The molecule has 0 bridgehead atoms. The number of hydrogen-bond acceptors (Lipinski definition) is 3. The van der Waals surface area contributed by atoms with E-state index in [0.717, 1.165) is 5.56 Å². The highest BCUT2D eigenvalue weighted by molar-refractivity contribution is 5.79. The van der Waals surface area contributed by atoms with Crippen LogP contribution in [0.1, 0.15) is 45.3 Å². The number of carbonyl (C=O) groups is 2. The topological polar surface area (TPSA) is 46.6 Å². The molecule has 1 atom stereocenters. The van der Waals surface area contributed by atoms with E-state index in [4.69, 9.17) is 4.74 Å². The first-order chi connectivity index (χ1) is 10.5. The van der Waals surface area contributed by atoms with Gasteiger partial charge in [0.05, 0.1) is 5.92 Å². The number of nitrogens with zero attached hydrogens (tertiary/aromatic N) is 1. The number of ether oxygens (including phenoxy) is 1. The van der Waals surface area contributed by atoms with Crippen LogP contribution in [0.4, 0.5) is 0 Å². The SMILES string of the molecule is CC(C)C(=O)N1CCC(C(=O)OC(C)c2ccccc2)CC1. The highest BCUT2D eigenvalue weighted by atomic mass is 16.5. The minimum atomic E-state index is -0.232.